The van der Waals surface area contributed by atoms with Crippen molar-refractivity contribution in [1.82, 2.24) is 10.3 Å². The van der Waals surface area contributed by atoms with E-state index in [0.717, 1.165) is 25.9 Å². The van der Waals surface area contributed by atoms with Crippen molar-refractivity contribution < 1.29 is 4.39 Å². The molecule has 0 unspecified atom stereocenters. The molecule has 1 aliphatic rings. The Morgan fingerprint density at radius 2 is 2.21 bits per heavy atom. The van der Waals surface area contributed by atoms with Gasteiger partial charge in [0.25, 0.3) is 0 Å². The average Bonchev–Trinajstić information content (AvgIpc) is 3.19. The molecule has 1 heterocycles. The number of pyridine rings is 1. The molecule has 1 aliphatic carbocycles. The zero-order chi connectivity index (χ0) is 13.8. The topological polar surface area (TPSA) is 28.2 Å². The molecule has 1 fully saturated rings. The minimum Gasteiger partial charge on any atom is -0.351 e. The monoisotopic (exact) mass is 265 g/mol. The first-order valence-corrected chi connectivity index (χ1v) is 7.24. The Hall–Kier alpha value is -1.16. The molecule has 0 bridgehead atoms. The summed E-state index contributed by atoms with van der Waals surface area (Å²) < 4.78 is 14.5. The zero-order valence-electron chi connectivity index (χ0n) is 12.1. The lowest BCUT2D eigenvalue weighted by molar-refractivity contribution is 0.555. The molecule has 1 aromatic heterocycles. The molecule has 1 aromatic rings. The number of hydrogen-bond acceptors (Lipinski definition) is 3. The van der Waals surface area contributed by atoms with Crippen molar-refractivity contribution in [3.8, 4) is 0 Å². The summed E-state index contributed by atoms with van der Waals surface area (Å²) in [4.78, 5) is 6.43. The molecule has 1 N–H and O–H groups in total. The van der Waals surface area contributed by atoms with E-state index >= 15 is 0 Å². The van der Waals surface area contributed by atoms with Crippen molar-refractivity contribution in [3.05, 3.63) is 23.6 Å². The summed E-state index contributed by atoms with van der Waals surface area (Å²) in [5, 5.41) is 3.17. The summed E-state index contributed by atoms with van der Waals surface area (Å²) in [7, 11) is 0. The van der Waals surface area contributed by atoms with E-state index in [4.69, 9.17) is 0 Å². The van der Waals surface area contributed by atoms with E-state index < -0.39 is 0 Å². The molecule has 0 spiro atoms. The lowest BCUT2D eigenvalue weighted by Crippen LogP contribution is -2.32. The summed E-state index contributed by atoms with van der Waals surface area (Å²) in [5.74, 6) is 0.891. The molecule has 0 atom stereocenters. The molecule has 0 amide bonds. The van der Waals surface area contributed by atoms with E-state index in [2.05, 4.69) is 29.0 Å². The van der Waals surface area contributed by atoms with Crippen LogP contribution in [0.4, 0.5) is 10.2 Å². The number of nitrogens with zero attached hydrogens (tertiary/aromatic N) is 2. The van der Waals surface area contributed by atoms with Crippen LogP contribution in [0.2, 0.25) is 0 Å². The van der Waals surface area contributed by atoms with Gasteiger partial charge in [0.15, 0.2) is 11.6 Å². The van der Waals surface area contributed by atoms with E-state index in [1.807, 2.05) is 6.92 Å². The van der Waals surface area contributed by atoms with E-state index in [-0.39, 0.29) is 5.82 Å². The maximum absolute atomic E-state index is 14.5. The van der Waals surface area contributed by atoms with Crippen LogP contribution in [0.15, 0.2) is 12.3 Å². The first-order valence-electron chi connectivity index (χ1n) is 7.24. The maximum atomic E-state index is 14.5. The molecule has 3 nitrogen and oxygen atoms in total. The highest BCUT2D eigenvalue weighted by molar-refractivity contribution is 5.45. The number of nitrogens with one attached hydrogen (secondary N) is 1. The van der Waals surface area contributed by atoms with Crippen LogP contribution in [-0.4, -0.2) is 24.1 Å². The lowest BCUT2D eigenvalue weighted by atomic mass is 10.2. The summed E-state index contributed by atoms with van der Waals surface area (Å²) >= 11 is 0. The van der Waals surface area contributed by atoms with Gasteiger partial charge in [0.05, 0.1) is 0 Å². The largest absolute Gasteiger partial charge is 0.351 e. The molecule has 2 rings (SSSR count). The minimum atomic E-state index is -0.156. The molecule has 0 saturated heterocycles. The van der Waals surface area contributed by atoms with Crippen molar-refractivity contribution in [2.24, 2.45) is 5.92 Å². The maximum Gasteiger partial charge on any atom is 0.170 e. The van der Waals surface area contributed by atoms with Crippen LogP contribution in [0.3, 0.4) is 0 Å². The van der Waals surface area contributed by atoms with E-state index in [1.54, 1.807) is 12.3 Å². The molecule has 0 aliphatic heterocycles. The Labute approximate surface area is 115 Å². The van der Waals surface area contributed by atoms with Gasteiger partial charge in [0.2, 0.25) is 0 Å². The van der Waals surface area contributed by atoms with Gasteiger partial charge in [-0.3, -0.25) is 0 Å². The summed E-state index contributed by atoms with van der Waals surface area (Å²) in [6, 6.07) is 2.25. The van der Waals surface area contributed by atoms with Crippen LogP contribution >= 0.6 is 0 Å². The van der Waals surface area contributed by atoms with Gasteiger partial charge in [-0.15, -0.1) is 0 Å². The van der Waals surface area contributed by atoms with E-state index in [0.29, 0.717) is 29.9 Å². The highest BCUT2D eigenvalue weighted by Crippen LogP contribution is 2.33. The van der Waals surface area contributed by atoms with Crippen LogP contribution in [-0.2, 0) is 6.54 Å². The fourth-order valence-electron chi connectivity index (χ4n) is 2.26. The van der Waals surface area contributed by atoms with E-state index in [1.165, 1.54) is 0 Å². The Morgan fingerprint density at radius 3 is 2.79 bits per heavy atom. The third-order valence-electron chi connectivity index (χ3n) is 3.34. The van der Waals surface area contributed by atoms with Crippen molar-refractivity contribution >= 4 is 5.82 Å². The predicted octanol–water partition coefficient (Wildman–Crippen LogP) is 2.96. The smallest absolute Gasteiger partial charge is 0.170 e. The average molecular weight is 265 g/mol. The van der Waals surface area contributed by atoms with Gasteiger partial charge >= 0.3 is 0 Å². The third-order valence-corrected chi connectivity index (χ3v) is 3.34. The Kier molecular flexibility index (Phi) is 4.75. The highest BCUT2D eigenvalue weighted by atomic mass is 19.1. The quantitative estimate of drug-likeness (QED) is 0.821. The summed E-state index contributed by atoms with van der Waals surface area (Å²) in [5.41, 5.74) is 0.709. The molecule has 1 saturated carbocycles. The zero-order valence-corrected chi connectivity index (χ0v) is 12.1. The van der Waals surface area contributed by atoms with Gasteiger partial charge < -0.3 is 10.2 Å². The van der Waals surface area contributed by atoms with Crippen molar-refractivity contribution in [2.75, 3.05) is 18.0 Å². The molecule has 4 heteroatoms. The number of rotatable bonds is 7. The summed E-state index contributed by atoms with van der Waals surface area (Å²) in [6.45, 7) is 8.63. The lowest BCUT2D eigenvalue weighted by Gasteiger charge is -2.26. The van der Waals surface area contributed by atoms with Crippen LogP contribution in [0.5, 0.6) is 0 Å². The SMILES string of the molecule is CCNCc1ccnc(N(CC(C)C)C2CC2)c1F. The predicted molar refractivity (Wildman–Crippen MR) is 76.8 cm³/mol. The number of aromatic nitrogens is 1. The van der Waals surface area contributed by atoms with Gasteiger partial charge in [-0.2, -0.15) is 0 Å². The second-order valence-corrected chi connectivity index (χ2v) is 5.67. The number of anilines is 1. The Balaban J connectivity index is 2.21. The van der Waals surface area contributed by atoms with Crippen LogP contribution in [0, 0.1) is 11.7 Å². The first kappa shape index (κ1) is 14.3. The number of hydrogen-bond donors (Lipinski definition) is 1. The van der Waals surface area contributed by atoms with Crippen molar-refractivity contribution in [1.29, 1.82) is 0 Å². The second-order valence-electron chi connectivity index (χ2n) is 5.67. The van der Waals surface area contributed by atoms with Crippen molar-refractivity contribution in [2.45, 2.75) is 46.2 Å². The second kappa shape index (κ2) is 6.33. The molecule has 19 heavy (non-hydrogen) atoms. The molecule has 0 aromatic carbocycles. The van der Waals surface area contributed by atoms with Crippen molar-refractivity contribution in [3.63, 3.8) is 0 Å². The van der Waals surface area contributed by atoms with Gasteiger partial charge in [0, 0.05) is 30.9 Å². The van der Waals surface area contributed by atoms with Gasteiger partial charge in [0.1, 0.15) is 0 Å². The van der Waals surface area contributed by atoms with Crippen LogP contribution in [0.1, 0.15) is 39.2 Å². The Bertz CT molecular complexity index is 416. The van der Waals surface area contributed by atoms with Gasteiger partial charge in [-0.25, -0.2) is 9.37 Å². The van der Waals surface area contributed by atoms with Crippen LogP contribution in [0.25, 0.3) is 0 Å². The fraction of sp³-hybridized carbons (Fsp3) is 0.667. The number of halogens is 1. The van der Waals surface area contributed by atoms with Crippen LogP contribution < -0.4 is 10.2 Å². The molecular formula is C15H24FN3. The summed E-state index contributed by atoms with van der Waals surface area (Å²) in [6.07, 6.45) is 4.04. The fourth-order valence-corrected chi connectivity index (χ4v) is 2.26. The van der Waals surface area contributed by atoms with E-state index in [9.17, 15) is 4.39 Å². The Morgan fingerprint density at radius 1 is 1.47 bits per heavy atom. The third kappa shape index (κ3) is 3.66. The molecule has 106 valence electrons. The standard InChI is InChI=1S/C15H24FN3/c1-4-17-9-12-7-8-18-15(14(12)16)19(10-11(2)3)13-5-6-13/h7-8,11,13,17H,4-6,9-10H2,1-3H3. The first-order chi connectivity index (χ1) is 9.13. The van der Waals surface area contributed by atoms with Gasteiger partial charge in [-0.1, -0.05) is 20.8 Å². The van der Waals surface area contributed by atoms with Gasteiger partial charge in [-0.05, 0) is 31.4 Å². The normalized spacial score (nSPS) is 15.0. The minimum absolute atomic E-state index is 0.156. The molecule has 0 radical (unpaired) electrons. The highest BCUT2D eigenvalue weighted by Gasteiger charge is 2.32. The molecular weight excluding hydrogens is 241 g/mol.